The van der Waals surface area contributed by atoms with E-state index in [1.807, 2.05) is 6.92 Å². The number of benzene rings is 2. The molecule has 0 amide bonds. The Hall–Kier alpha value is -2.74. The smallest absolute Gasteiger partial charge is 0.339 e. The molecule has 8 heteroatoms. The number of phenolic OH excluding ortho intramolecular Hbond substituents is 1. The molecule has 0 heterocycles. The topological polar surface area (TPSA) is 99.1 Å². The fourth-order valence-electron chi connectivity index (χ4n) is 3.17. The zero-order valence-electron chi connectivity index (χ0n) is 18.4. The molecule has 0 bridgehead atoms. The van der Waals surface area contributed by atoms with E-state index in [1.54, 1.807) is 12.1 Å². The summed E-state index contributed by atoms with van der Waals surface area (Å²) < 4.78 is 41.6. The normalized spacial score (nSPS) is 11.2. The van der Waals surface area contributed by atoms with Gasteiger partial charge in [0.25, 0.3) is 0 Å². The molecule has 0 radical (unpaired) electrons. The van der Waals surface area contributed by atoms with Gasteiger partial charge in [0, 0.05) is 12.5 Å². The van der Waals surface area contributed by atoms with Gasteiger partial charge in [-0.1, -0.05) is 50.3 Å². The number of methoxy groups -OCH3 is 2. The number of phenols is 1. The summed E-state index contributed by atoms with van der Waals surface area (Å²) in [6, 6.07) is 7.31. The van der Waals surface area contributed by atoms with E-state index in [9.17, 15) is 18.3 Å². The lowest BCUT2D eigenvalue weighted by Gasteiger charge is -2.18. The van der Waals surface area contributed by atoms with E-state index < -0.39 is 21.7 Å². The highest BCUT2D eigenvalue weighted by molar-refractivity contribution is 7.87. The lowest BCUT2D eigenvalue weighted by molar-refractivity contribution is 0.0974. The minimum absolute atomic E-state index is 0.0496. The zero-order chi connectivity index (χ0) is 23.0. The quantitative estimate of drug-likeness (QED) is 0.275. The highest BCUT2D eigenvalue weighted by atomic mass is 32.2. The number of ketones is 1. The number of carbonyl (C=O) groups is 1. The van der Waals surface area contributed by atoms with E-state index in [0.29, 0.717) is 6.42 Å². The number of hydrogen-bond donors (Lipinski definition) is 1. The maximum Gasteiger partial charge on any atom is 0.339 e. The van der Waals surface area contributed by atoms with Gasteiger partial charge in [-0.2, -0.15) is 8.42 Å². The highest BCUT2D eigenvalue weighted by Gasteiger charge is 2.30. The van der Waals surface area contributed by atoms with Crippen molar-refractivity contribution in [2.45, 2.75) is 57.3 Å². The predicted molar refractivity (Wildman–Crippen MR) is 118 cm³/mol. The summed E-state index contributed by atoms with van der Waals surface area (Å²) in [5, 5.41) is 10.5. The minimum Gasteiger partial charge on any atom is -0.507 e. The summed E-state index contributed by atoms with van der Waals surface area (Å²) in [5.41, 5.74) is 0.651. The van der Waals surface area contributed by atoms with Crippen molar-refractivity contribution in [3.63, 3.8) is 0 Å². The molecule has 2 aromatic rings. The summed E-state index contributed by atoms with van der Waals surface area (Å²) in [5.74, 6) is -1.26. The maximum absolute atomic E-state index is 12.9. The molecule has 2 rings (SSSR count). The first-order valence-corrected chi connectivity index (χ1v) is 11.7. The Morgan fingerprint density at radius 3 is 2.19 bits per heavy atom. The summed E-state index contributed by atoms with van der Waals surface area (Å²) in [6.07, 6.45) is 4.81. The summed E-state index contributed by atoms with van der Waals surface area (Å²) in [4.78, 5) is 12.8. The van der Waals surface area contributed by atoms with E-state index in [0.717, 1.165) is 31.2 Å². The SMILES string of the molecule is CCCCCCCC(=O)c1c(O)cc(OC)c(OC)c1OS(=O)(=O)c1ccc(C)cc1. The first kappa shape index (κ1) is 24.5. The molecule has 2 aromatic carbocycles. The van der Waals surface area contributed by atoms with E-state index in [2.05, 4.69) is 6.92 Å². The second kappa shape index (κ2) is 11.0. The van der Waals surface area contributed by atoms with Crippen LogP contribution < -0.4 is 13.7 Å². The molecular formula is C23H30O7S. The van der Waals surface area contributed by atoms with Gasteiger partial charge in [0.05, 0.1) is 14.2 Å². The first-order chi connectivity index (χ1) is 14.7. The van der Waals surface area contributed by atoms with Crippen LogP contribution in [-0.4, -0.2) is 33.5 Å². The van der Waals surface area contributed by atoms with Crippen molar-refractivity contribution in [2.24, 2.45) is 0 Å². The largest absolute Gasteiger partial charge is 0.507 e. The molecule has 0 aliphatic heterocycles. The van der Waals surface area contributed by atoms with Crippen LogP contribution in [-0.2, 0) is 10.1 Å². The molecule has 31 heavy (non-hydrogen) atoms. The average molecular weight is 451 g/mol. The van der Waals surface area contributed by atoms with Gasteiger partial charge in [-0.3, -0.25) is 4.79 Å². The van der Waals surface area contributed by atoms with Crippen molar-refractivity contribution < 1.29 is 32.0 Å². The van der Waals surface area contributed by atoms with Gasteiger partial charge in [0.1, 0.15) is 16.2 Å². The second-order valence-corrected chi connectivity index (χ2v) is 8.82. The van der Waals surface area contributed by atoms with Crippen LogP contribution in [0.25, 0.3) is 0 Å². The van der Waals surface area contributed by atoms with Crippen molar-refractivity contribution in [3.8, 4) is 23.0 Å². The van der Waals surface area contributed by atoms with Gasteiger partial charge in [0.15, 0.2) is 11.5 Å². The van der Waals surface area contributed by atoms with Crippen molar-refractivity contribution in [3.05, 3.63) is 41.5 Å². The number of rotatable bonds is 12. The molecular weight excluding hydrogens is 420 g/mol. The summed E-state index contributed by atoms with van der Waals surface area (Å²) in [7, 11) is -1.65. The van der Waals surface area contributed by atoms with Gasteiger partial charge in [0.2, 0.25) is 11.5 Å². The first-order valence-electron chi connectivity index (χ1n) is 10.3. The van der Waals surface area contributed by atoms with Crippen LogP contribution in [0.4, 0.5) is 0 Å². The molecule has 0 aromatic heterocycles. The Kier molecular flexibility index (Phi) is 8.74. The lowest BCUT2D eigenvalue weighted by Crippen LogP contribution is -2.14. The number of Topliss-reactive ketones (excluding diaryl/α,β-unsaturated/α-hetero) is 1. The van der Waals surface area contributed by atoms with Crippen LogP contribution in [0.2, 0.25) is 0 Å². The number of hydrogen-bond acceptors (Lipinski definition) is 7. The minimum atomic E-state index is -4.29. The van der Waals surface area contributed by atoms with Crippen LogP contribution in [0.5, 0.6) is 23.0 Å². The van der Waals surface area contributed by atoms with E-state index in [4.69, 9.17) is 13.7 Å². The Morgan fingerprint density at radius 1 is 0.968 bits per heavy atom. The van der Waals surface area contributed by atoms with Crippen molar-refractivity contribution >= 4 is 15.9 Å². The standard InChI is InChI=1S/C23H30O7S/c1-5-6-7-8-9-10-18(24)21-19(25)15-20(28-3)22(29-4)23(21)30-31(26,27)17-13-11-16(2)12-14-17/h11-15,25H,5-10H2,1-4H3. The number of ether oxygens (including phenoxy) is 2. The molecule has 0 spiro atoms. The highest BCUT2D eigenvalue weighted by Crippen LogP contribution is 2.46. The van der Waals surface area contributed by atoms with Gasteiger partial charge in [-0.15, -0.1) is 0 Å². The molecule has 0 saturated carbocycles. The van der Waals surface area contributed by atoms with Crippen LogP contribution in [0.3, 0.4) is 0 Å². The van der Waals surface area contributed by atoms with Crippen LogP contribution >= 0.6 is 0 Å². The van der Waals surface area contributed by atoms with Crippen molar-refractivity contribution in [1.29, 1.82) is 0 Å². The van der Waals surface area contributed by atoms with Gasteiger partial charge < -0.3 is 18.8 Å². The van der Waals surface area contributed by atoms with Crippen LogP contribution in [0, 0.1) is 6.92 Å². The van der Waals surface area contributed by atoms with Crippen molar-refractivity contribution in [1.82, 2.24) is 0 Å². The van der Waals surface area contributed by atoms with Gasteiger partial charge in [-0.05, 0) is 25.5 Å². The Bertz CT molecular complexity index is 996. The van der Waals surface area contributed by atoms with Gasteiger partial charge >= 0.3 is 10.1 Å². The molecule has 0 fully saturated rings. The number of unbranched alkanes of at least 4 members (excludes halogenated alkanes) is 4. The third-order valence-electron chi connectivity index (χ3n) is 4.89. The number of aryl methyl sites for hydroxylation is 1. The average Bonchev–Trinajstić information content (AvgIpc) is 2.73. The predicted octanol–water partition coefficient (Wildman–Crippen LogP) is 5.03. The maximum atomic E-state index is 12.9. The summed E-state index contributed by atoms with van der Waals surface area (Å²) >= 11 is 0. The molecule has 1 N–H and O–H groups in total. The van der Waals surface area contributed by atoms with E-state index in [-0.39, 0.29) is 34.1 Å². The summed E-state index contributed by atoms with van der Waals surface area (Å²) in [6.45, 7) is 3.93. The van der Waals surface area contributed by atoms with E-state index >= 15 is 0 Å². The monoisotopic (exact) mass is 450 g/mol. The van der Waals surface area contributed by atoms with Crippen LogP contribution in [0.1, 0.15) is 61.4 Å². The zero-order valence-corrected chi connectivity index (χ0v) is 19.3. The second-order valence-electron chi connectivity index (χ2n) is 7.27. The fourth-order valence-corrected chi connectivity index (χ4v) is 4.12. The molecule has 170 valence electrons. The number of aromatic hydroxyl groups is 1. The lowest BCUT2D eigenvalue weighted by atomic mass is 10.0. The van der Waals surface area contributed by atoms with Crippen LogP contribution in [0.15, 0.2) is 35.2 Å². The van der Waals surface area contributed by atoms with Crippen molar-refractivity contribution in [2.75, 3.05) is 14.2 Å². The van der Waals surface area contributed by atoms with Gasteiger partial charge in [-0.25, -0.2) is 0 Å². The molecule has 0 unspecified atom stereocenters. The Labute approximate surface area is 184 Å². The Morgan fingerprint density at radius 2 is 1.61 bits per heavy atom. The Balaban J connectivity index is 2.46. The van der Waals surface area contributed by atoms with E-state index in [1.165, 1.54) is 32.4 Å². The molecule has 0 atom stereocenters. The fraction of sp³-hybridized carbons (Fsp3) is 0.435. The molecule has 0 aliphatic rings. The molecule has 0 saturated heterocycles. The molecule has 0 aliphatic carbocycles. The molecule has 7 nitrogen and oxygen atoms in total. The third-order valence-corrected chi connectivity index (χ3v) is 6.13. The third kappa shape index (κ3) is 6.13. The number of carbonyl (C=O) groups excluding carboxylic acids is 1.